The number of sulfonamides is 1. The van der Waals surface area contributed by atoms with Crippen molar-refractivity contribution in [3.05, 3.63) is 0 Å². The Morgan fingerprint density at radius 1 is 1.29 bits per heavy atom. The third kappa shape index (κ3) is 4.94. The molecule has 0 aromatic rings. The van der Waals surface area contributed by atoms with Crippen molar-refractivity contribution in [3.8, 4) is 0 Å². The van der Waals surface area contributed by atoms with E-state index < -0.39 is 10.0 Å². The van der Waals surface area contributed by atoms with Crippen LogP contribution in [0.2, 0.25) is 0 Å². The van der Waals surface area contributed by atoms with E-state index in [1.165, 1.54) is 12.8 Å². The van der Waals surface area contributed by atoms with Gasteiger partial charge in [0.05, 0.1) is 5.75 Å². The molecular weight excluding hydrogens is 236 g/mol. The highest BCUT2D eigenvalue weighted by Gasteiger charge is 2.24. The summed E-state index contributed by atoms with van der Waals surface area (Å²) in [6.07, 6.45) is 5.10. The van der Waals surface area contributed by atoms with Crippen LogP contribution < -0.4 is 5.32 Å². The summed E-state index contributed by atoms with van der Waals surface area (Å²) >= 11 is 0. The summed E-state index contributed by atoms with van der Waals surface area (Å²) in [6.45, 7) is 4.41. The van der Waals surface area contributed by atoms with Gasteiger partial charge in [-0.05, 0) is 45.2 Å². The third-order valence-corrected chi connectivity index (χ3v) is 5.56. The first-order valence-electron chi connectivity index (χ1n) is 6.72. The topological polar surface area (TPSA) is 49.4 Å². The van der Waals surface area contributed by atoms with E-state index in [9.17, 15) is 8.42 Å². The molecule has 1 atom stereocenters. The summed E-state index contributed by atoms with van der Waals surface area (Å²) < 4.78 is 25.9. The molecule has 1 heterocycles. The third-order valence-electron chi connectivity index (χ3n) is 3.61. The molecule has 102 valence electrons. The minimum absolute atomic E-state index is 0.282. The van der Waals surface area contributed by atoms with Crippen molar-refractivity contribution in [2.24, 2.45) is 5.92 Å². The average Bonchev–Trinajstić information content (AvgIpc) is 2.54. The van der Waals surface area contributed by atoms with Crippen LogP contribution in [0.15, 0.2) is 0 Å². The smallest absolute Gasteiger partial charge is 0.214 e. The Morgan fingerprint density at radius 3 is 2.71 bits per heavy atom. The molecule has 0 aromatic heterocycles. The van der Waals surface area contributed by atoms with Gasteiger partial charge in [-0.25, -0.2) is 12.7 Å². The fourth-order valence-corrected chi connectivity index (χ4v) is 3.94. The number of hydrogen-bond donors (Lipinski definition) is 1. The van der Waals surface area contributed by atoms with Crippen LogP contribution in [0.3, 0.4) is 0 Å². The van der Waals surface area contributed by atoms with Gasteiger partial charge in [-0.15, -0.1) is 0 Å². The molecule has 0 radical (unpaired) electrons. The van der Waals surface area contributed by atoms with Crippen LogP contribution in [0.5, 0.6) is 0 Å². The lowest BCUT2D eigenvalue weighted by molar-refractivity contribution is 0.407. The van der Waals surface area contributed by atoms with Crippen LogP contribution in [0, 0.1) is 5.92 Å². The SMILES string of the molecule is CCC1CCCN(S(=O)(=O)CCCNC)CC1. The van der Waals surface area contributed by atoms with Crippen LogP contribution in [0.25, 0.3) is 0 Å². The first-order valence-corrected chi connectivity index (χ1v) is 8.33. The van der Waals surface area contributed by atoms with E-state index in [1.54, 1.807) is 4.31 Å². The molecule has 0 bridgehead atoms. The largest absolute Gasteiger partial charge is 0.320 e. The summed E-state index contributed by atoms with van der Waals surface area (Å²) in [4.78, 5) is 0. The van der Waals surface area contributed by atoms with Crippen molar-refractivity contribution in [2.45, 2.75) is 39.0 Å². The maximum absolute atomic E-state index is 12.1. The van der Waals surface area contributed by atoms with Crippen molar-refractivity contribution in [3.63, 3.8) is 0 Å². The highest BCUT2D eigenvalue weighted by molar-refractivity contribution is 7.89. The molecule has 1 aliphatic rings. The van der Waals surface area contributed by atoms with Crippen molar-refractivity contribution >= 4 is 10.0 Å². The van der Waals surface area contributed by atoms with E-state index in [0.717, 1.165) is 32.5 Å². The molecule has 1 rings (SSSR count). The summed E-state index contributed by atoms with van der Waals surface area (Å²) in [5.41, 5.74) is 0. The molecule has 0 aromatic carbocycles. The highest BCUT2D eigenvalue weighted by Crippen LogP contribution is 2.22. The molecular formula is C12H26N2O2S. The Balaban J connectivity index is 2.47. The minimum atomic E-state index is -3.02. The van der Waals surface area contributed by atoms with Gasteiger partial charge in [-0.2, -0.15) is 0 Å². The zero-order chi connectivity index (χ0) is 12.7. The Morgan fingerprint density at radius 2 is 2.06 bits per heavy atom. The van der Waals surface area contributed by atoms with E-state index in [-0.39, 0.29) is 5.75 Å². The van der Waals surface area contributed by atoms with Crippen molar-refractivity contribution in [1.29, 1.82) is 0 Å². The fourth-order valence-electron chi connectivity index (χ4n) is 2.39. The van der Waals surface area contributed by atoms with Gasteiger partial charge >= 0.3 is 0 Å². The standard InChI is InChI=1S/C12H26N2O2S/c1-3-12-6-4-9-14(10-7-12)17(15,16)11-5-8-13-2/h12-13H,3-11H2,1-2H3. The van der Waals surface area contributed by atoms with Gasteiger partial charge in [0.15, 0.2) is 0 Å². The van der Waals surface area contributed by atoms with Gasteiger partial charge in [-0.3, -0.25) is 0 Å². The van der Waals surface area contributed by atoms with Gasteiger partial charge in [0.1, 0.15) is 0 Å². The highest BCUT2D eigenvalue weighted by atomic mass is 32.2. The first kappa shape index (κ1) is 14.9. The van der Waals surface area contributed by atoms with Crippen molar-refractivity contribution in [1.82, 2.24) is 9.62 Å². The second kappa shape index (κ2) is 7.34. The minimum Gasteiger partial charge on any atom is -0.320 e. The van der Waals surface area contributed by atoms with E-state index in [2.05, 4.69) is 12.2 Å². The molecule has 0 amide bonds. The van der Waals surface area contributed by atoms with Gasteiger partial charge in [0.2, 0.25) is 10.0 Å². The maximum Gasteiger partial charge on any atom is 0.214 e. The van der Waals surface area contributed by atoms with Gasteiger partial charge in [0.25, 0.3) is 0 Å². The molecule has 0 saturated carbocycles. The summed E-state index contributed by atoms with van der Waals surface area (Å²) in [5, 5.41) is 2.99. The Bertz CT molecular complexity index is 304. The molecule has 1 saturated heterocycles. The number of nitrogens with zero attached hydrogens (tertiary/aromatic N) is 1. The number of rotatable bonds is 6. The quantitative estimate of drug-likeness (QED) is 0.737. The normalized spacial score (nSPS) is 23.5. The van der Waals surface area contributed by atoms with Gasteiger partial charge < -0.3 is 5.32 Å². The van der Waals surface area contributed by atoms with E-state index in [4.69, 9.17) is 0 Å². The molecule has 17 heavy (non-hydrogen) atoms. The summed E-state index contributed by atoms with van der Waals surface area (Å²) in [7, 11) is -1.17. The van der Waals surface area contributed by atoms with Crippen molar-refractivity contribution < 1.29 is 8.42 Å². The number of hydrogen-bond acceptors (Lipinski definition) is 3. The lowest BCUT2D eigenvalue weighted by Gasteiger charge is -2.20. The van der Waals surface area contributed by atoms with Crippen LogP contribution >= 0.6 is 0 Å². The molecule has 1 unspecified atom stereocenters. The average molecular weight is 262 g/mol. The molecule has 0 aliphatic carbocycles. The number of nitrogens with one attached hydrogen (secondary N) is 1. The zero-order valence-corrected chi connectivity index (χ0v) is 11.9. The molecule has 1 N–H and O–H groups in total. The Labute approximate surface area is 106 Å². The maximum atomic E-state index is 12.1. The molecule has 1 aliphatic heterocycles. The second-order valence-corrected chi connectivity index (χ2v) is 6.97. The lowest BCUT2D eigenvalue weighted by atomic mass is 9.98. The van der Waals surface area contributed by atoms with Gasteiger partial charge in [-0.1, -0.05) is 13.3 Å². The predicted molar refractivity (Wildman–Crippen MR) is 71.5 cm³/mol. The Hall–Kier alpha value is -0.130. The van der Waals surface area contributed by atoms with E-state index in [0.29, 0.717) is 12.3 Å². The summed E-state index contributed by atoms with van der Waals surface area (Å²) in [5.74, 6) is 0.998. The molecule has 5 heteroatoms. The second-order valence-electron chi connectivity index (χ2n) is 4.88. The molecule has 4 nitrogen and oxygen atoms in total. The monoisotopic (exact) mass is 262 g/mol. The van der Waals surface area contributed by atoms with Gasteiger partial charge in [0, 0.05) is 13.1 Å². The van der Waals surface area contributed by atoms with Crippen LogP contribution in [-0.4, -0.2) is 45.2 Å². The van der Waals surface area contributed by atoms with E-state index >= 15 is 0 Å². The van der Waals surface area contributed by atoms with Crippen LogP contribution in [-0.2, 0) is 10.0 Å². The van der Waals surface area contributed by atoms with Crippen LogP contribution in [0.4, 0.5) is 0 Å². The fraction of sp³-hybridized carbons (Fsp3) is 1.00. The summed E-state index contributed by atoms with van der Waals surface area (Å²) in [6, 6.07) is 0. The Kier molecular flexibility index (Phi) is 6.44. The molecule has 1 fully saturated rings. The van der Waals surface area contributed by atoms with Crippen molar-refractivity contribution in [2.75, 3.05) is 32.4 Å². The van der Waals surface area contributed by atoms with E-state index in [1.807, 2.05) is 7.05 Å². The lowest BCUT2D eigenvalue weighted by Crippen LogP contribution is -2.34. The van der Waals surface area contributed by atoms with Crippen LogP contribution in [0.1, 0.15) is 39.0 Å². The molecule has 0 spiro atoms. The zero-order valence-electron chi connectivity index (χ0n) is 11.1. The first-order chi connectivity index (χ1) is 8.10. The predicted octanol–water partition coefficient (Wildman–Crippen LogP) is 1.44.